The molecule has 1 fully saturated rings. The summed E-state index contributed by atoms with van der Waals surface area (Å²) in [5.41, 5.74) is 0.0494. The summed E-state index contributed by atoms with van der Waals surface area (Å²) in [6.45, 7) is 8.55. The molecule has 2 unspecified atom stereocenters. The second-order valence-corrected chi connectivity index (χ2v) is 21.4. The molecular formula is C46H46ClF4N5O4S4. The van der Waals surface area contributed by atoms with Gasteiger partial charge in [-0.2, -0.15) is 13.2 Å². The topological polar surface area (TPSA) is 116 Å². The van der Waals surface area contributed by atoms with Gasteiger partial charge in [0.15, 0.2) is 9.79 Å². The predicted octanol–water partition coefficient (Wildman–Crippen LogP) is 11.2. The SMILES string of the molecule is Cc1c([S+](C)[O-])c(-c2cc(F)cc(N3CCN(c4ccc(N[S+]([O-])c5ccc(NCCSc6ccccc6)c(S(=O)(=O)C(F)(F)F)c5)cc4)CC3)c2)c(-c2ccc(Cl)cc2)n1C(C)C. The molecule has 0 radical (unpaired) electrons. The highest BCUT2D eigenvalue weighted by atomic mass is 35.5. The Kier molecular flexibility index (Phi) is 14.8. The van der Waals surface area contributed by atoms with E-state index in [9.17, 15) is 30.7 Å². The highest BCUT2D eigenvalue weighted by Gasteiger charge is 2.48. The maximum atomic E-state index is 15.6. The maximum absolute atomic E-state index is 15.6. The number of nitrogens with one attached hydrogen (secondary N) is 2. The van der Waals surface area contributed by atoms with Crippen molar-refractivity contribution in [2.24, 2.45) is 0 Å². The number of piperazine rings is 1. The van der Waals surface area contributed by atoms with Crippen LogP contribution in [-0.4, -0.2) is 72.3 Å². The molecule has 0 spiro atoms. The Morgan fingerprint density at radius 3 is 2.08 bits per heavy atom. The first-order valence-corrected chi connectivity index (χ1v) is 25.8. The van der Waals surface area contributed by atoms with Crippen LogP contribution in [0.2, 0.25) is 5.02 Å². The fraction of sp³-hybridized carbons (Fsp3) is 0.261. The van der Waals surface area contributed by atoms with Crippen LogP contribution in [0.3, 0.4) is 0 Å². The number of aromatic nitrogens is 1. The van der Waals surface area contributed by atoms with E-state index in [1.165, 1.54) is 36.0 Å². The highest BCUT2D eigenvalue weighted by Crippen LogP contribution is 2.45. The van der Waals surface area contributed by atoms with Gasteiger partial charge in [0.25, 0.3) is 9.84 Å². The fourth-order valence-corrected chi connectivity index (χ4v) is 11.7. The van der Waals surface area contributed by atoms with Crippen LogP contribution in [0.1, 0.15) is 25.6 Å². The Morgan fingerprint density at radius 2 is 1.47 bits per heavy atom. The average molecular weight is 973 g/mol. The van der Waals surface area contributed by atoms with E-state index >= 15 is 4.39 Å². The van der Waals surface area contributed by atoms with Gasteiger partial charge in [0, 0.05) is 71.9 Å². The van der Waals surface area contributed by atoms with Crippen molar-refractivity contribution >= 4 is 78.5 Å². The van der Waals surface area contributed by atoms with Crippen molar-refractivity contribution < 1.29 is 35.1 Å². The van der Waals surface area contributed by atoms with Crippen LogP contribution in [0.15, 0.2) is 135 Å². The van der Waals surface area contributed by atoms with Crippen molar-refractivity contribution in [2.45, 2.75) is 51.9 Å². The van der Waals surface area contributed by atoms with E-state index in [4.69, 9.17) is 11.6 Å². The zero-order chi connectivity index (χ0) is 45.9. The zero-order valence-electron chi connectivity index (χ0n) is 35.3. The van der Waals surface area contributed by atoms with Crippen molar-refractivity contribution in [3.63, 3.8) is 0 Å². The monoisotopic (exact) mass is 971 g/mol. The molecule has 18 heteroatoms. The smallest absolute Gasteiger partial charge is 0.501 e. The Balaban J connectivity index is 1.04. The number of benzene rings is 5. The van der Waals surface area contributed by atoms with Gasteiger partial charge in [-0.15, -0.1) is 11.8 Å². The van der Waals surface area contributed by atoms with Gasteiger partial charge < -0.3 is 28.8 Å². The lowest BCUT2D eigenvalue weighted by Gasteiger charge is -2.37. The number of rotatable bonds is 15. The molecule has 1 aliphatic rings. The van der Waals surface area contributed by atoms with Gasteiger partial charge in [-0.25, -0.2) is 17.5 Å². The first-order chi connectivity index (χ1) is 30.4. The van der Waals surface area contributed by atoms with Crippen molar-refractivity contribution in [1.82, 2.24) is 4.57 Å². The third-order valence-electron chi connectivity index (χ3n) is 10.8. The van der Waals surface area contributed by atoms with E-state index in [0.29, 0.717) is 64.4 Å². The van der Waals surface area contributed by atoms with Crippen LogP contribution < -0.4 is 19.8 Å². The largest absolute Gasteiger partial charge is 0.612 e. The molecule has 2 atom stereocenters. The van der Waals surface area contributed by atoms with Gasteiger partial charge in [-0.05, 0) is 122 Å². The molecule has 338 valence electrons. The number of anilines is 4. The number of hydrogen-bond acceptors (Lipinski definition) is 9. The minimum atomic E-state index is -5.78. The fourth-order valence-electron chi connectivity index (χ4n) is 7.85. The first kappa shape index (κ1) is 47.5. The number of sulfone groups is 1. The molecule has 9 nitrogen and oxygen atoms in total. The number of nitrogens with zero attached hydrogens (tertiary/aromatic N) is 3. The Bertz CT molecular complexity index is 2680. The van der Waals surface area contributed by atoms with E-state index in [2.05, 4.69) is 38.3 Å². The van der Waals surface area contributed by atoms with Crippen LogP contribution in [0.25, 0.3) is 22.4 Å². The second kappa shape index (κ2) is 19.9. The van der Waals surface area contributed by atoms with Crippen molar-refractivity contribution in [1.29, 1.82) is 0 Å². The van der Waals surface area contributed by atoms with E-state index < -0.39 is 48.6 Å². The van der Waals surface area contributed by atoms with E-state index in [0.717, 1.165) is 33.6 Å². The number of halogens is 5. The molecule has 1 aromatic heterocycles. The zero-order valence-corrected chi connectivity index (χ0v) is 39.3. The third kappa shape index (κ3) is 10.5. The van der Waals surface area contributed by atoms with Crippen molar-refractivity contribution in [2.75, 3.05) is 64.6 Å². The molecule has 0 amide bonds. The van der Waals surface area contributed by atoms with Gasteiger partial charge in [-0.3, -0.25) is 0 Å². The molecule has 2 N–H and O–H groups in total. The standard InChI is InChI=1S/C46H46ClF4N5O4S4/c1-30(2)56-31(3)45(62(4)57)43(44(56)32-10-12-34(47)13-11-32)33-26-35(48)28-38(27-33)55-23-21-54(22-24-55)37-16-14-36(15-17-37)53-63(58)40-18-19-41(42(29-40)64(59,60)46(49,50)51)52-20-25-61-39-8-6-5-7-9-39/h5-19,26-30,52-53H,20-25H2,1-4H3. The van der Waals surface area contributed by atoms with E-state index in [-0.39, 0.29) is 23.2 Å². The summed E-state index contributed by atoms with van der Waals surface area (Å²) in [7, 11) is -5.78. The predicted molar refractivity (Wildman–Crippen MR) is 254 cm³/mol. The lowest BCUT2D eigenvalue weighted by atomic mass is 9.99. The van der Waals surface area contributed by atoms with Crippen LogP contribution in [-0.2, 0) is 32.4 Å². The van der Waals surface area contributed by atoms with Gasteiger partial charge in [0.1, 0.15) is 28.3 Å². The van der Waals surface area contributed by atoms with Crippen LogP contribution in [0, 0.1) is 12.7 Å². The van der Waals surface area contributed by atoms with Gasteiger partial charge in [0.05, 0.1) is 28.3 Å². The molecule has 64 heavy (non-hydrogen) atoms. The highest BCUT2D eigenvalue weighted by molar-refractivity contribution is 7.99. The second-order valence-electron chi connectivity index (χ2n) is 15.3. The van der Waals surface area contributed by atoms with Crippen LogP contribution >= 0.6 is 23.4 Å². The molecule has 1 saturated heterocycles. The molecular weight excluding hydrogens is 926 g/mol. The summed E-state index contributed by atoms with van der Waals surface area (Å²) < 4.78 is 114. The summed E-state index contributed by atoms with van der Waals surface area (Å²) in [6, 6.07) is 32.1. The lowest BCUT2D eigenvalue weighted by Crippen LogP contribution is -2.46. The summed E-state index contributed by atoms with van der Waals surface area (Å²) in [5.74, 6) is 0.0377. The summed E-state index contributed by atoms with van der Waals surface area (Å²) in [5, 5.41) is 3.39. The molecule has 6 aromatic rings. The van der Waals surface area contributed by atoms with Gasteiger partial charge in [0.2, 0.25) is 0 Å². The Hall–Kier alpha value is -4.49. The summed E-state index contributed by atoms with van der Waals surface area (Å²) in [6.07, 6.45) is 1.64. The van der Waals surface area contributed by atoms with Crippen LogP contribution in [0.4, 0.5) is 40.3 Å². The molecule has 2 heterocycles. The minimum absolute atomic E-state index is 0.0242. The van der Waals surface area contributed by atoms with E-state index in [1.807, 2.05) is 67.6 Å². The number of alkyl halides is 3. The molecule has 0 aliphatic carbocycles. The molecule has 0 bridgehead atoms. The minimum Gasteiger partial charge on any atom is -0.612 e. The van der Waals surface area contributed by atoms with Gasteiger partial charge in [-0.1, -0.05) is 41.9 Å². The number of thioether (sulfide) groups is 1. The maximum Gasteiger partial charge on any atom is 0.501 e. The average Bonchev–Trinajstić information content (AvgIpc) is 3.58. The first-order valence-electron chi connectivity index (χ1n) is 20.2. The Morgan fingerprint density at radius 1 is 0.828 bits per heavy atom. The number of hydrogen-bond donors (Lipinski definition) is 2. The molecule has 5 aromatic carbocycles. The normalized spacial score (nSPS) is 14.5. The summed E-state index contributed by atoms with van der Waals surface area (Å²) >= 11 is 4.22. The van der Waals surface area contributed by atoms with Gasteiger partial charge >= 0.3 is 5.51 Å². The van der Waals surface area contributed by atoms with E-state index in [1.54, 1.807) is 30.5 Å². The summed E-state index contributed by atoms with van der Waals surface area (Å²) in [4.78, 5) is 4.70. The molecule has 7 rings (SSSR count). The van der Waals surface area contributed by atoms with Crippen molar-refractivity contribution in [3.8, 4) is 22.4 Å². The lowest BCUT2D eigenvalue weighted by molar-refractivity contribution is -0.0435. The Labute approximate surface area is 386 Å². The van der Waals surface area contributed by atoms with Crippen LogP contribution in [0.5, 0.6) is 0 Å². The quantitative estimate of drug-likeness (QED) is 0.0449. The van der Waals surface area contributed by atoms with Crippen molar-refractivity contribution in [3.05, 3.63) is 132 Å². The molecule has 1 aliphatic heterocycles. The third-order valence-corrected chi connectivity index (χ3v) is 15.7. The molecule has 0 saturated carbocycles.